The van der Waals surface area contributed by atoms with Crippen LogP contribution in [0.2, 0.25) is 0 Å². The molecule has 0 aliphatic carbocycles. The number of thiazole rings is 1. The minimum atomic E-state index is -0.637. The van der Waals surface area contributed by atoms with Crippen LogP contribution >= 0.6 is 11.3 Å². The number of ether oxygens (including phenoxy) is 2. The number of methoxy groups -OCH3 is 2. The quantitative estimate of drug-likeness (QED) is 0.569. The van der Waals surface area contributed by atoms with Gasteiger partial charge in [0, 0.05) is 10.9 Å². The summed E-state index contributed by atoms with van der Waals surface area (Å²) in [6.07, 6.45) is 0. The zero-order valence-corrected chi connectivity index (χ0v) is 15.9. The third-order valence-electron chi connectivity index (χ3n) is 3.81. The monoisotopic (exact) mass is 399 g/mol. The van der Waals surface area contributed by atoms with Crippen molar-refractivity contribution < 1.29 is 24.2 Å². The van der Waals surface area contributed by atoms with Crippen LogP contribution < -0.4 is 20.3 Å². The lowest BCUT2D eigenvalue weighted by molar-refractivity contribution is 0.0842. The van der Waals surface area contributed by atoms with Crippen LogP contribution in [0.5, 0.6) is 17.2 Å². The molecule has 0 saturated carbocycles. The van der Waals surface area contributed by atoms with E-state index in [2.05, 4.69) is 15.8 Å². The van der Waals surface area contributed by atoms with Gasteiger partial charge in [-0.3, -0.25) is 20.4 Å². The highest BCUT2D eigenvalue weighted by Gasteiger charge is 2.16. The Kier molecular flexibility index (Phi) is 5.75. The molecule has 28 heavy (non-hydrogen) atoms. The van der Waals surface area contributed by atoms with E-state index in [1.165, 1.54) is 30.6 Å². The highest BCUT2D eigenvalue weighted by Crippen LogP contribution is 2.33. The number of hydrazine groups is 1. The third-order valence-corrected chi connectivity index (χ3v) is 4.70. The second kappa shape index (κ2) is 8.40. The Morgan fingerprint density at radius 2 is 1.71 bits per heavy atom. The summed E-state index contributed by atoms with van der Waals surface area (Å²) in [5, 5.41) is 11.9. The zero-order valence-electron chi connectivity index (χ0n) is 15.1. The molecule has 0 bridgehead atoms. The average Bonchev–Trinajstić information content (AvgIpc) is 3.22. The molecule has 0 unspecified atom stereocenters. The van der Waals surface area contributed by atoms with Crippen molar-refractivity contribution in [3.05, 3.63) is 59.1 Å². The summed E-state index contributed by atoms with van der Waals surface area (Å²) in [5.74, 6) is -0.254. The van der Waals surface area contributed by atoms with E-state index in [1.807, 2.05) is 6.07 Å². The molecule has 1 heterocycles. The summed E-state index contributed by atoms with van der Waals surface area (Å²) in [7, 11) is 3.09. The second-order valence-electron chi connectivity index (χ2n) is 5.53. The molecule has 0 aliphatic rings. The fourth-order valence-electron chi connectivity index (χ4n) is 2.39. The number of hydrogen-bond acceptors (Lipinski definition) is 7. The molecule has 144 valence electrons. The van der Waals surface area contributed by atoms with E-state index in [-0.39, 0.29) is 17.0 Å². The lowest BCUT2D eigenvalue weighted by atomic mass is 10.2. The minimum Gasteiger partial charge on any atom is -0.507 e. The second-order valence-corrected chi connectivity index (χ2v) is 6.39. The molecular weight excluding hydrogens is 382 g/mol. The predicted octanol–water partition coefficient (Wildman–Crippen LogP) is 2.61. The van der Waals surface area contributed by atoms with Crippen LogP contribution in [0.4, 0.5) is 0 Å². The molecule has 0 aliphatic heterocycles. The summed E-state index contributed by atoms with van der Waals surface area (Å²) >= 11 is 1.28. The van der Waals surface area contributed by atoms with E-state index in [0.29, 0.717) is 16.5 Å². The van der Waals surface area contributed by atoms with Crippen LogP contribution in [0.1, 0.15) is 20.8 Å². The summed E-state index contributed by atoms with van der Waals surface area (Å²) in [6, 6.07) is 11.3. The summed E-state index contributed by atoms with van der Waals surface area (Å²) < 4.78 is 10.5. The molecule has 0 spiro atoms. The van der Waals surface area contributed by atoms with E-state index in [4.69, 9.17) is 9.47 Å². The van der Waals surface area contributed by atoms with Crippen LogP contribution in [0, 0.1) is 0 Å². The molecule has 0 radical (unpaired) electrons. The maximum absolute atomic E-state index is 12.2. The zero-order chi connectivity index (χ0) is 20.1. The van der Waals surface area contributed by atoms with Crippen LogP contribution in [0.3, 0.4) is 0 Å². The Morgan fingerprint density at radius 3 is 2.43 bits per heavy atom. The van der Waals surface area contributed by atoms with Gasteiger partial charge in [0.2, 0.25) is 0 Å². The molecule has 2 aromatic carbocycles. The first kappa shape index (κ1) is 19.2. The summed E-state index contributed by atoms with van der Waals surface area (Å²) in [6.45, 7) is 0. The van der Waals surface area contributed by atoms with Crippen molar-refractivity contribution in [2.45, 2.75) is 0 Å². The number of hydrogen-bond donors (Lipinski definition) is 3. The molecule has 3 rings (SSSR count). The standard InChI is InChI=1S/C19H17N3O5S/c1-26-15-8-7-11(9-16(15)27-2)19-20-13(10-28-19)18(25)22-21-17(24)12-5-3-4-6-14(12)23/h3-10,23H,1-2H3,(H,21,24)(H,22,25). The number of para-hydroxylation sites is 1. The smallest absolute Gasteiger partial charge is 0.289 e. The maximum atomic E-state index is 12.2. The third kappa shape index (κ3) is 4.04. The van der Waals surface area contributed by atoms with Gasteiger partial charge in [-0.05, 0) is 30.3 Å². The van der Waals surface area contributed by atoms with Gasteiger partial charge in [0.25, 0.3) is 11.8 Å². The average molecular weight is 399 g/mol. The van der Waals surface area contributed by atoms with Crippen LogP contribution in [-0.2, 0) is 0 Å². The van der Waals surface area contributed by atoms with E-state index in [9.17, 15) is 14.7 Å². The van der Waals surface area contributed by atoms with Crippen LogP contribution in [0.25, 0.3) is 10.6 Å². The van der Waals surface area contributed by atoms with Crippen molar-refractivity contribution >= 4 is 23.2 Å². The molecule has 3 N–H and O–H groups in total. The fraction of sp³-hybridized carbons (Fsp3) is 0.105. The van der Waals surface area contributed by atoms with Crippen molar-refractivity contribution in [3.8, 4) is 27.8 Å². The Hall–Kier alpha value is -3.59. The lowest BCUT2D eigenvalue weighted by Gasteiger charge is -2.08. The Morgan fingerprint density at radius 1 is 1.00 bits per heavy atom. The molecule has 3 aromatic rings. The van der Waals surface area contributed by atoms with Gasteiger partial charge < -0.3 is 14.6 Å². The van der Waals surface area contributed by atoms with E-state index < -0.39 is 11.8 Å². The molecule has 0 saturated heterocycles. The van der Waals surface area contributed by atoms with Crippen molar-refractivity contribution in [2.75, 3.05) is 14.2 Å². The normalized spacial score (nSPS) is 10.2. The van der Waals surface area contributed by atoms with Crippen molar-refractivity contribution in [1.82, 2.24) is 15.8 Å². The molecular formula is C19H17N3O5S. The maximum Gasteiger partial charge on any atom is 0.289 e. The molecule has 1 aromatic heterocycles. The van der Waals surface area contributed by atoms with E-state index >= 15 is 0 Å². The van der Waals surface area contributed by atoms with Gasteiger partial charge in [-0.25, -0.2) is 4.98 Å². The fourth-order valence-corrected chi connectivity index (χ4v) is 3.19. The first-order chi connectivity index (χ1) is 13.5. The SMILES string of the molecule is COc1ccc(-c2nc(C(=O)NNC(=O)c3ccccc3O)cs2)cc1OC. The van der Waals surface area contributed by atoms with E-state index in [0.717, 1.165) is 5.56 Å². The van der Waals surface area contributed by atoms with Gasteiger partial charge in [0.15, 0.2) is 11.5 Å². The minimum absolute atomic E-state index is 0.0482. The number of aromatic nitrogens is 1. The van der Waals surface area contributed by atoms with E-state index in [1.54, 1.807) is 36.8 Å². The summed E-state index contributed by atoms with van der Waals surface area (Å²) in [4.78, 5) is 28.6. The highest BCUT2D eigenvalue weighted by atomic mass is 32.1. The first-order valence-corrected chi connectivity index (χ1v) is 8.98. The molecule has 2 amide bonds. The van der Waals surface area contributed by atoms with Crippen molar-refractivity contribution in [2.24, 2.45) is 0 Å². The van der Waals surface area contributed by atoms with Crippen LogP contribution in [-0.4, -0.2) is 36.1 Å². The number of rotatable bonds is 5. The van der Waals surface area contributed by atoms with Gasteiger partial charge in [-0.1, -0.05) is 12.1 Å². The Bertz CT molecular complexity index is 1020. The number of amides is 2. The van der Waals surface area contributed by atoms with Gasteiger partial charge in [-0.15, -0.1) is 11.3 Å². The summed E-state index contributed by atoms with van der Waals surface area (Å²) in [5.41, 5.74) is 5.49. The number of aromatic hydroxyl groups is 1. The van der Waals surface area contributed by atoms with Gasteiger partial charge in [0.1, 0.15) is 16.5 Å². The largest absolute Gasteiger partial charge is 0.507 e. The topological polar surface area (TPSA) is 110 Å². The number of carbonyl (C=O) groups is 2. The number of carbonyl (C=O) groups excluding carboxylic acids is 2. The van der Waals surface area contributed by atoms with Crippen molar-refractivity contribution in [1.29, 1.82) is 0 Å². The highest BCUT2D eigenvalue weighted by molar-refractivity contribution is 7.13. The number of nitrogens with one attached hydrogen (secondary N) is 2. The predicted molar refractivity (Wildman–Crippen MR) is 104 cm³/mol. The molecule has 9 heteroatoms. The number of nitrogens with zero attached hydrogens (tertiary/aromatic N) is 1. The number of benzene rings is 2. The lowest BCUT2D eigenvalue weighted by Crippen LogP contribution is -2.41. The van der Waals surface area contributed by atoms with Gasteiger partial charge in [-0.2, -0.15) is 0 Å². The molecule has 0 atom stereocenters. The number of phenolic OH excluding ortho intramolecular Hbond substituents is 1. The van der Waals surface area contributed by atoms with Gasteiger partial charge in [0.05, 0.1) is 19.8 Å². The Balaban J connectivity index is 1.69. The number of phenols is 1. The first-order valence-electron chi connectivity index (χ1n) is 8.10. The van der Waals surface area contributed by atoms with Crippen LogP contribution in [0.15, 0.2) is 47.8 Å². The molecule has 0 fully saturated rings. The van der Waals surface area contributed by atoms with Gasteiger partial charge >= 0.3 is 0 Å². The molecule has 8 nitrogen and oxygen atoms in total. The Labute approximate surface area is 164 Å². The van der Waals surface area contributed by atoms with Crippen molar-refractivity contribution in [3.63, 3.8) is 0 Å².